The zero-order valence-corrected chi connectivity index (χ0v) is 7.51. The Morgan fingerprint density at radius 3 is 2.82 bits per heavy atom. The number of rotatable bonds is 1. The van der Waals surface area contributed by atoms with Gasteiger partial charge < -0.3 is 5.11 Å². The fraction of sp³-hybridized carbons (Fsp3) is 0.800. The van der Waals surface area contributed by atoms with Crippen LogP contribution in [-0.2, 0) is 0 Å². The van der Waals surface area contributed by atoms with Crippen molar-refractivity contribution in [2.24, 2.45) is 11.8 Å². The maximum absolute atomic E-state index is 9.60. The fourth-order valence-corrected chi connectivity index (χ4v) is 1.85. The Labute approximate surface area is 69.1 Å². The standard InChI is InChI=1S/C10H18O/c1-4-9-5-7(2)8(3)6-10(9)11/h7,9-11H,3-6H2,1-2H3/t7-,9+,10+/m0/s1. The van der Waals surface area contributed by atoms with E-state index in [1.807, 2.05) is 0 Å². The van der Waals surface area contributed by atoms with E-state index in [2.05, 4.69) is 20.4 Å². The minimum absolute atomic E-state index is 0.122. The summed E-state index contributed by atoms with van der Waals surface area (Å²) in [4.78, 5) is 0. The quantitative estimate of drug-likeness (QED) is 0.575. The van der Waals surface area contributed by atoms with Crippen molar-refractivity contribution in [2.45, 2.75) is 39.2 Å². The molecule has 3 atom stereocenters. The molecular weight excluding hydrogens is 136 g/mol. The lowest BCUT2D eigenvalue weighted by Crippen LogP contribution is -2.28. The molecule has 0 aliphatic heterocycles. The first-order valence-corrected chi connectivity index (χ1v) is 4.50. The fourth-order valence-electron chi connectivity index (χ4n) is 1.85. The van der Waals surface area contributed by atoms with Crippen LogP contribution in [0.5, 0.6) is 0 Å². The second kappa shape index (κ2) is 3.40. The minimum Gasteiger partial charge on any atom is -0.393 e. The van der Waals surface area contributed by atoms with Crippen LogP contribution in [0.15, 0.2) is 12.2 Å². The molecule has 0 amide bonds. The van der Waals surface area contributed by atoms with Crippen molar-refractivity contribution >= 4 is 0 Å². The first kappa shape index (κ1) is 8.79. The molecule has 1 heteroatoms. The van der Waals surface area contributed by atoms with Crippen molar-refractivity contribution in [3.8, 4) is 0 Å². The molecule has 0 heterocycles. The normalized spacial score (nSPS) is 39.2. The van der Waals surface area contributed by atoms with Gasteiger partial charge in [-0.15, -0.1) is 0 Å². The van der Waals surface area contributed by atoms with Gasteiger partial charge in [0.05, 0.1) is 6.10 Å². The Bertz CT molecular complexity index is 151. The highest BCUT2D eigenvalue weighted by Crippen LogP contribution is 2.33. The van der Waals surface area contributed by atoms with Gasteiger partial charge in [0.1, 0.15) is 0 Å². The van der Waals surface area contributed by atoms with Gasteiger partial charge >= 0.3 is 0 Å². The highest BCUT2D eigenvalue weighted by molar-refractivity contribution is 5.06. The van der Waals surface area contributed by atoms with E-state index >= 15 is 0 Å². The van der Waals surface area contributed by atoms with Crippen molar-refractivity contribution in [2.75, 3.05) is 0 Å². The summed E-state index contributed by atoms with van der Waals surface area (Å²) in [5.74, 6) is 1.12. The lowest BCUT2D eigenvalue weighted by atomic mass is 9.76. The lowest BCUT2D eigenvalue weighted by molar-refractivity contribution is 0.0737. The van der Waals surface area contributed by atoms with Crippen molar-refractivity contribution in [1.82, 2.24) is 0 Å². The molecule has 1 nitrogen and oxygen atoms in total. The summed E-state index contributed by atoms with van der Waals surface area (Å²) in [5, 5.41) is 9.60. The largest absolute Gasteiger partial charge is 0.393 e. The number of hydrogen-bond acceptors (Lipinski definition) is 1. The van der Waals surface area contributed by atoms with Crippen molar-refractivity contribution in [3.63, 3.8) is 0 Å². The molecule has 11 heavy (non-hydrogen) atoms. The first-order chi connectivity index (χ1) is 5.15. The summed E-state index contributed by atoms with van der Waals surface area (Å²) in [5.41, 5.74) is 1.22. The summed E-state index contributed by atoms with van der Waals surface area (Å²) < 4.78 is 0. The summed E-state index contributed by atoms with van der Waals surface area (Å²) in [6.45, 7) is 8.31. The third-order valence-corrected chi connectivity index (χ3v) is 2.89. The second-order valence-corrected chi connectivity index (χ2v) is 3.73. The van der Waals surface area contributed by atoms with Crippen LogP contribution in [0.4, 0.5) is 0 Å². The average molecular weight is 154 g/mol. The monoisotopic (exact) mass is 154 g/mol. The van der Waals surface area contributed by atoms with E-state index in [1.54, 1.807) is 0 Å². The Kier molecular flexibility index (Phi) is 2.72. The molecule has 64 valence electrons. The molecule has 1 fully saturated rings. The minimum atomic E-state index is -0.122. The topological polar surface area (TPSA) is 20.2 Å². The molecule has 1 saturated carbocycles. The van der Waals surface area contributed by atoms with Crippen LogP contribution in [0, 0.1) is 11.8 Å². The molecule has 0 spiro atoms. The van der Waals surface area contributed by atoms with Gasteiger partial charge in [0, 0.05) is 0 Å². The number of hydrogen-bond donors (Lipinski definition) is 1. The van der Waals surface area contributed by atoms with E-state index in [-0.39, 0.29) is 6.10 Å². The summed E-state index contributed by atoms with van der Waals surface area (Å²) in [7, 11) is 0. The number of aliphatic hydroxyl groups is 1. The lowest BCUT2D eigenvalue weighted by Gasteiger charge is -2.32. The van der Waals surface area contributed by atoms with Gasteiger partial charge in [-0.05, 0) is 24.7 Å². The average Bonchev–Trinajstić information content (AvgIpc) is 1.97. The molecule has 1 aliphatic carbocycles. The van der Waals surface area contributed by atoms with E-state index in [9.17, 15) is 5.11 Å². The summed E-state index contributed by atoms with van der Waals surface area (Å²) >= 11 is 0. The third kappa shape index (κ3) is 1.84. The summed E-state index contributed by atoms with van der Waals surface area (Å²) in [6.07, 6.45) is 2.92. The SMILES string of the molecule is C=C1C[C@@H](O)[C@H](CC)C[C@@H]1C. The van der Waals surface area contributed by atoms with E-state index in [0.717, 1.165) is 19.3 Å². The first-order valence-electron chi connectivity index (χ1n) is 4.50. The van der Waals surface area contributed by atoms with Crippen LogP contribution in [-0.4, -0.2) is 11.2 Å². The maximum Gasteiger partial charge on any atom is 0.0605 e. The molecule has 0 bridgehead atoms. The van der Waals surface area contributed by atoms with Crippen LogP contribution >= 0.6 is 0 Å². The van der Waals surface area contributed by atoms with E-state index in [4.69, 9.17) is 0 Å². The van der Waals surface area contributed by atoms with Crippen molar-refractivity contribution in [3.05, 3.63) is 12.2 Å². The van der Waals surface area contributed by atoms with Gasteiger partial charge in [-0.3, -0.25) is 0 Å². The molecule has 1 aliphatic rings. The zero-order valence-electron chi connectivity index (χ0n) is 7.51. The van der Waals surface area contributed by atoms with Gasteiger partial charge in [-0.25, -0.2) is 0 Å². The van der Waals surface area contributed by atoms with E-state index < -0.39 is 0 Å². The van der Waals surface area contributed by atoms with Gasteiger partial charge in [-0.1, -0.05) is 32.4 Å². The summed E-state index contributed by atoms with van der Waals surface area (Å²) in [6, 6.07) is 0. The highest BCUT2D eigenvalue weighted by Gasteiger charge is 2.27. The second-order valence-electron chi connectivity index (χ2n) is 3.73. The van der Waals surface area contributed by atoms with Gasteiger partial charge in [0.25, 0.3) is 0 Å². The molecule has 0 aromatic rings. The van der Waals surface area contributed by atoms with E-state index in [0.29, 0.717) is 11.8 Å². The Morgan fingerprint density at radius 1 is 1.64 bits per heavy atom. The Balaban J connectivity index is 2.54. The Morgan fingerprint density at radius 2 is 2.27 bits per heavy atom. The van der Waals surface area contributed by atoms with Crippen molar-refractivity contribution in [1.29, 1.82) is 0 Å². The predicted octanol–water partition coefficient (Wildman–Crippen LogP) is 2.36. The van der Waals surface area contributed by atoms with Crippen molar-refractivity contribution < 1.29 is 5.11 Å². The molecule has 0 aromatic heterocycles. The number of aliphatic hydroxyl groups excluding tert-OH is 1. The maximum atomic E-state index is 9.60. The molecule has 0 radical (unpaired) electrons. The predicted molar refractivity (Wildman–Crippen MR) is 47.3 cm³/mol. The molecule has 0 unspecified atom stereocenters. The van der Waals surface area contributed by atoms with Crippen LogP contribution in [0.1, 0.15) is 33.1 Å². The van der Waals surface area contributed by atoms with Crippen LogP contribution in [0.3, 0.4) is 0 Å². The Hall–Kier alpha value is -0.300. The molecule has 1 rings (SSSR count). The molecule has 0 aromatic carbocycles. The highest BCUT2D eigenvalue weighted by atomic mass is 16.3. The zero-order chi connectivity index (χ0) is 8.43. The smallest absolute Gasteiger partial charge is 0.0605 e. The molecular formula is C10H18O. The van der Waals surface area contributed by atoms with Gasteiger partial charge in [0.2, 0.25) is 0 Å². The van der Waals surface area contributed by atoms with Crippen LogP contribution in [0.25, 0.3) is 0 Å². The van der Waals surface area contributed by atoms with Gasteiger partial charge in [0.15, 0.2) is 0 Å². The molecule has 1 N–H and O–H groups in total. The van der Waals surface area contributed by atoms with Gasteiger partial charge in [-0.2, -0.15) is 0 Å². The van der Waals surface area contributed by atoms with Crippen LogP contribution in [0.2, 0.25) is 0 Å². The molecule has 0 saturated heterocycles. The van der Waals surface area contributed by atoms with E-state index in [1.165, 1.54) is 5.57 Å². The third-order valence-electron chi connectivity index (χ3n) is 2.89. The van der Waals surface area contributed by atoms with Crippen LogP contribution < -0.4 is 0 Å².